The third-order valence-corrected chi connectivity index (χ3v) is 4.17. The second-order valence-corrected chi connectivity index (χ2v) is 6.30. The minimum absolute atomic E-state index is 0.0709. The topological polar surface area (TPSA) is 64.4 Å². The predicted octanol–water partition coefficient (Wildman–Crippen LogP) is 2.91. The Labute approximate surface area is 154 Å². The molecular weight excluding hydrogens is 330 g/mol. The maximum absolute atomic E-state index is 12.5. The van der Waals surface area contributed by atoms with E-state index < -0.39 is 5.97 Å². The number of nitrogens with zero attached hydrogens (tertiary/aromatic N) is 3. The Bertz CT molecular complexity index is 807. The first-order valence-electron chi connectivity index (χ1n) is 8.52. The van der Waals surface area contributed by atoms with Gasteiger partial charge in [0.1, 0.15) is 6.54 Å². The molecule has 2 rings (SSSR count). The van der Waals surface area contributed by atoms with Gasteiger partial charge in [-0.15, -0.1) is 0 Å². The van der Waals surface area contributed by atoms with E-state index in [2.05, 4.69) is 9.84 Å². The summed E-state index contributed by atoms with van der Waals surface area (Å²) in [5, 5.41) is 4.57. The summed E-state index contributed by atoms with van der Waals surface area (Å²) in [6.45, 7) is 7.52. The van der Waals surface area contributed by atoms with Crippen LogP contribution in [0.1, 0.15) is 30.8 Å². The van der Waals surface area contributed by atoms with Crippen molar-refractivity contribution in [2.75, 3.05) is 13.7 Å². The van der Waals surface area contributed by atoms with Crippen LogP contribution in [-0.4, -0.2) is 46.3 Å². The maximum Gasteiger partial charge on any atom is 0.325 e. The quantitative estimate of drug-likeness (QED) is 0.590. The molecule has 0 fully saturated rings. The molecule has 0 aliphatic heterocycles. The highest BCUT2D eigenvalue weighted by Crippen LogP contribution is 2.19. The Hall–Kier alpha value is -2.89. The average molecular weight is 355 g/mol. The molecule has 0 spiro atoms. The van der Waals surface area contributed by atoms with Crippen molar-refractivity contribution in [2.24, 2.45) is 0 Å². The van der Waals surface area contributed by atoms with Gasteiger partial charge in [0.2, 0.25) is 5.91 Å². The van der Waals surface area contributed by atoms with E-state index in [9.17, 15) is 9.59 Å². The lowest BCUT2D eigenvalue weighted by molar-refractivity contribution is -0.146. The molecule has 1 aromatic heterocycles. The van der Waals surface area contributed by atoms with Gasteiger partial charge in [-0.1, -0.05) is 18.2 Å². The number of carbonyl (C=O) groups is 2. The van der Waals surface area contributed by atoms with Gasteiger partial charge in [0.15, 0.2) is 0 Å². The minimum Gasteiger partial charge on any atom is -0.468 e. The molecule has 0 N–H and O–H groups in total. The summed E-state index contributed by atoms with van der Waals surface area (Å²) in [7, 11) is 1.31. The zero-order valence-electron chi connectivity index (χ0n) is 15.9. The van der Waals surface area contributed by atoms with Gasteiger partial charge >= 0.3 is 5.97 Å². The molecule has 0 unspecified atom stereocenters. The maximum atomic E-state index is 12.5. The molecule has 0 radical (unpaired) electrons. The summed E-state index contributed by atoms with van der Waals surface area (Å²) in [6.07, 6.45) is 3.24. The van der Waals surface area contributed by atoms with Crippen LogP contribution < -0.4 is 0 Å². The van der Waals surface area contributed by atoms with Crippen LogP contribution >= 0.6 is 0 Å². The summed E-state index contributed by atoms with van der Waals surface area (Å²) in [4.78, 5) is 25.5. The average Bonchev–Trinajstić information content (AvgIpc) is 2.91. The van der Waals surface area contributed by atoms with Crippen molar-refractivity contribution < 1.29 is 14.3 Å². The lowest BCUT2D eigenvalue weighted by Gasteiger charge is -2.24. The van der Waals surface area contributed by atoms with Crippen LogP contribution in [0.2, 0.25) is 0 Å². The first kappa shape index (κ1) is 19.4. The van der Waals surface area contributed by atoms with Crippen molar-refractivity contribution in [3.8, 4) is 5.69 Å². The molecule has 1 heterocycles. The van der Waals surface area contributed by atoms with Gasteiger partial charge in [0.25, 0.3) is 0 Å². The second kappa shape index (κ2) is 8.47. The number of hydrogen-bond donors (Lipinski definition) is 0. The van der Waals surface area contributed by atoms with Crippen molar-refractivity contribution >= 4 is 18.0 Å². The van der Waals surface area contributed by atoms with Gasteiger partial charge in [-0.3, -0.25) is 9.59 Å². The molecule has 138 valence electrons. The van der Waals surface area contributed by atoms with Crippen molar-refractivity contribution in [1.29, 1.82) is 0 Å². The standard InChI is InChI=1S/C20H25N3O3/c1-14(2)22(13-20(25)26-5)19(24)12-11-18-15(3)21-23(16(18)4)17-9-7-6-8-10-17/h6-12,14H,13H2,1-5H3. The third-order valence-electron chi connectivity index (χ3n) is 4.17. The number of carbonyl (C=O) groups excluding carboxylic acids is 2. The summed E-state index contributed by atoms with van der Waals surface area (Å²) >= 11 is 0. The zero-order valence-corrected chi connectivity index (χ0v) is 15.9. The van der Waals surface area contributed by atoms with E-state index in [1.807, 2.05) is 62.7 Å². The normalized spacial score (nSPS) is 11.2. The van der Waals surface area contributed by atoms with Crippen molar-refractivity contribution in [2.45, 2.75) is 33.7 Å². The van der Waals surface area contributed by atoms with Gasteiger partial charge in [-0.05, 0) is 45.9 Å². The van der Waals surface area contributed by atoms with Crippen LogP contribution in [0.4, 0.5) is 0 Å². The van der Waals surface area contributed by atoms with Crippen molar-refractivity contribution in [1.82, 2.24) is 14.7 Å². The number of esters is 1. The van der Waals surface area contributed by atoms with Crippen molar-refractivity contribution in [3.05, 3.63) is 53.4 Å². The molecule has 6 nitrogen and oxygen atoms in total. The smallest absolute Gasteiger partial charge is 0.325 e. The van der Waals surface area contributed by atoms with E-state index >= 15 is 0 Å². The van der Waals surface area contributed by atoms with Crippen LogP contribution in [0.25, 0.3) is 11.8 Å². The van der Waals surface area contributed by atoms with E-state index in [-0.39, 0.29) is 18.5 Å². The lowest BCUT2D eigenvalue weighted by Crippen LogP contribution is -2.40. The van der Waals surface area contributed by atoms with Gasteiger partial charge in [0.05, 0.1) is 18.5 Å². The zero-order chi connectivity index (χ0) is 19.3. The molecule has 0 atom stereocenters. The number of ether oxygens (including phenoxy) is 1. The molecular formula is C20H25N3O3. The number of methoxy groups -OCH3 is 1. The van der Waals surface area contributed by atoms with Gasteiger partial charge < -0.3 is 9.64 Å². The third kappa shape index (κ3) is 4.39. The fourth-order valence-electron chi connectivity index (χ4n) is 2.69. The Morgan fingerprint density at radius 1 is 1.23 bits per heavy atom. The van der Waals surface area contributed by atoms with Crippen LogP contribution in [0.15, 0.2) is 36.4 Å². The largest absolute Gasteiger partial charge is 0.468 e. The van der Waals surface area contributed by atoms with E-state index in [4.69, 9.17) is 0 Å². The molecule has 0 saturated heterocycles. The number of amides is 1. The highest BCUT2D eigenvalue weighted by atomic mass is 16.5. The minimum atomic E-state index is -0.440. The monoisotopic (exact) mass is 355 g/mol. The molecule has 6 heteroatoms. The molecule has 0 saturated carbocycles. The number of aromatic nitrogens is 2. The summed E-state index contributed by atoms with van der Waals surface area (Å²) in [5.41, 5.74) is 3.64. The number of benzene rings is 1. The van der Waals surface area contributed by atoms with Crippen LogP contribution in [-0.2, 0) is 14.3 Å². The SMILES string of the molecule is COC(=O)CN(C(=O)C=Cc1c(C)nn(-c2ccccc2)c1C)C(C)C. The number of rotatable bonds is 6. The molecule has 0 aliphatic carbocycles. The second-order valence-electron chi connectivity index (χ2n) is 6.30. The first-order chi connectivity index (χ1) is 12.3. The molecule has 1 amide bonds. The van der Waals surface area contributed by atoms with Crippen molar-refractivity contribution in [3.63, 3.8) is 0 Å². The predicted molar refractivity (Wildman–Crippen MR) is 101 cm³/mol. The lowest BCUT2D eigenvalue weighted by atomic mass is 10.1. The fourth-order valence-corrected chi connectivity index (χ4v) is 2.69. The van der Waals surface area contributed by atoms with Gasteiger partial charge in [-0.25, -0.2) is 4.68 Å². The summed E-state index contributed by atoms with van der Waals surface area (Å²) < 4.78 is 6.52. The molecule has 2 aromatic rings. The Balaban J connectivity index is 2.25. The summed E-state index contributed by atoms with van der Waals surface area (Å²) in [5.74, 6) is -0.679. The molecule has 0 bridgehead atoms. The number of para-hydroxylation sites is 1. The van der Waals surface area contributed by atoms with E-state index in [0.29, 0.717) is 0 Å². The molecule has 26 heavy (non-hydrogen) atoms. The molecule has 1 aromatic carbocycles. The highest BCUT2D eigenvalue weighted by molar-refractivity contribution is 5.94. The van der Waals surface area contributed by atoms with Crippen LogP contribution in [0, 0.1) is 13.8 Å². The van der Waals surface area contributed by atoms with E-state index in [0.717, 1.165) is 22.6 Å². The first-order valence-corrected chi connectivity index (χ1v) is 8.52. The highest BCUT2D eigenvalue weighted by Gasteiger charge is 2.19. The van der Waals surface area contributed by atoms with Crippen LogP contribution in [0.3, 0.4) is 0 Å². The van der Waals surface area contributed by atoms with E-state index in [1.54, 1.807) is 6.08 Å². The van der Waals surface area contributed by atoms with E-state index in [1.165, 1.54) is 18.1 Å². The Morgan fingerprint density at radius 3 is 2.46 bits per heavy atom. The molecule has 0 aliphatic rings. The number of hydrogen-bond acceptors (Lipinski definition) is 4. The Kier molecular flexibility index (Phi) is 6.33. The Morgan fingerprint density at radius 2 is 1.88 bits per heavy atom. The van der Waals surface area contributed by atoms with Crippen LogP contribution in [0.5, 0.6) is 0 Å². The van der Waals surface area contributed by atoms with Gasteiger partial charge in [-0.2, -0.15) is 5.10 Å². The number of aryl methyl sites for hydroxylation is 1. The fraction of sp³-hybridized carbons (Fsp3) is 0.350. The van der Waals surface area contributed by atoms with Gasteiger partial charge in [0, 0.05) is 23.4 Å². The summed E-state index contributed by atoms with van der Waals surface area (Å²) in [6, 6.07) is 9.72.